The highest BCUT2D eigenvalue weighted by Crippen LogP contribution is 2.33. The quantitative estimate of drug-likeness (QED) is 0.629. The van der Waals surface area contributed by atoms with E-state index < -0.39 is 0 Å². The van der Waals surface area contributed by atoms with Gasteiger partial charge in [-0.05, 0) is 29.3 Å². The number of hydrogen-bond acceptors (Lipinski definition) is 4. The molecule has 0 N–H and O–H groups in total. The molecule has 0 atom stereocenters. The number of rotatable bonds is 3. The van der Waals surface area contributed by atoms with Crippen LogP contribution in [0.2, 0.25) is 0 Å². The van der Waals surface area contributed by atoms with Crippen LogP contribution in [0.25, 0.3) is 6.08 Å². The molecule has 0 unspecified atom stereocenters. The number of carbonyl (C=O) groups excluding carboxylic acids is 1. The Bertz CT molecular complexity index is 820. The van der Waals surface area contributed by atoms with Gasteiger partial charge in [0.2, 0.25) is 0 Å². The summed E-state index contributed by atoms with van der Waals surface area (Å²) in [5, 5.41) is 8.82. The summed E-state index contributed by atoms with van der Waals surface area (Å²) in [7, 11) is 0. The number of nitrogens with zero attached hydrogens (tertiary/aromatic N) is 2. The van der Waals surface area contributed by atoms with E-state index in [1.807, 2.05) is 48.5 Å². The third-order valence-electron chi connectivity index (χ3n) is 3.39. The average molecular weight is 336 g/mol. The van der Waals surface area contributed by atoms with Crippen molar-refractivity contribution < 1.29 is 4.79 Å². The molecule has 23 heavy (non-hydrogen) atoms. The topological polar surface area (TPSA) is 44.1 Å². The summed E-state index contributed by atoms with van der Waals surface area (Å²) in [5.41, 5.74) is 2.52. The molecule has 0 aliphatic carbocycles. The summed E-state index contributed by atoms with van der Waals surface area (Å²) < 4.78 is 0.568. The summed E-state index contributed by atoms with van der Waals surface area (Å²) >= 11 is 6.64. The van der Waals surface area contributed by atoms with Crippen molar-refractivity contribution in [1.82, 2.24) is 4.90 Å². The van der Waals surface area contributed by atoms with Crippen molar-refractivity contribution in [3.63, 3.8) is 0 Å². The molecule has 1 aliphatic heterocycles. The van der Waals surface area contributed by atoms with E-state index in [9.17, 15) is 4.79 Å². The lowest BCUT2D eigenvalue weighted by Crippen LogP contribution is -2.27. The smallest absolute Gasteiger partial charge is 0.266 e. The molecule has 0 saturated carbocycles. The van der Waals surface area contributed by atoms with Crippen LogP contribution >= 0.6 is 24.0 Å². The van der Waals surface area contributed by atoms with Crippen molar-refractivity contribution in [2.75, 3.05) is 0 Å². The summed E-state index contributed by atoms with van der Waals surface area (Å²) in [5.74, 6) is -0.0757. The first kappa shape index (κ1) is 15.5. The molecular weight excluding hydrogens is 324 g/mol. The first-order valence-electron chi connectivity index (χ1n) is 6.97. The van der Waals surface area contributed by atoms with Gasteiger partial charge >= 0.3 is 0 Å². The van der Waals surface area contributed by atoms with E-state index in [0.717, 1.165) is 11.1 Å². The predicted molar refractivity (Wildman–Crippen MR) is 96.3 cm³/mol. The van der Waals surface area contributed by atoms with Gasteiger partial charge < -0.3 is 0 Å². The molecule has 2 aromatic rings. The van der Waals surface area contributed by atoms with Gasteiger partial charge in [-0.3, -0.25) is 9.69 Å². The lowest BCUT2D eigenvalue weighted by Gasteiger charge is -2.14. The molecule has 1 fully saturated rings. The van der Waals surface area contributed by atoms with Gasteiger partial charge in [-0.15, -0.1) is 0 Å². The lowest BCUT2D eigenvalue weighted by molar-refractivity contribution is -0.122. The normalized spacial score (nSPS) is 16.0. The highest BCUT2D eigenvalue weighted by molar-refractivity contribution is 8.26. The van der Waals surface area contributed by atoms with E-state index in [4.69, 9.17) is 17.5 Å². The zero-order valence-corrected chi connectivity index (χ0v) is 13.7. The maximum Gasteiger partial charge on any atom is 0.266 e. The Hall–Kier alpha value is -2.42. The number of thiocarbonyl (C=S) groups is 1. The summed E-state index contributed by atoms with van der Waals surface area (Å²) in [6.45, 7) is 0.482. The second-order valence-corrected chi connectivity index (χ2v) is 6.66. The van der Waals surface area contributed by atoms with E-state index in [0.29, 0.717) is 21.3 Å². The van der Waals surface area contributed by atoms with Crippen LogP contribution in [-0.4, -0.2) is 15.1 Å². The first-order chi connectivity index (χ1) is 11.2. The van der Waals surface area contributed by atoms with Crippen LogP contribution in [0, 0.1) is 11.3 Å². The van der Waals surface area contributed by atoms with Gasteiger partial charge in [-0.25, -0.2) is 0 Å². The molecule has 1 saturated heterocycles. The molecule has 0 bridgehead atoms. The van der Waals surface area contributed by atoms with Crippen LogP contribution < -0.4 is 0 Å². The molecule has 3 rings (SSSR count). The second-order valence-electron chi connectivity index (χ2n) is 4.99. The molecule has 112 valence electrons. The van der Waals surface area contributed by atoms with Crippen LogP contribution in [0.3, 0.4) is 0 Å². The molecule has 0 aromatic heterocycles. The van der Waals surface area contributed by atoms with Gasteiger partial charge in [0.05, 0.1) is 23.1 Å². The predicted octanol–water partition coefficient (Wildman–Crippen LogP) is 3.96. The van der Waals surface area contributed by atoms with Crippen molar-refractivity contribution >= 4 is 40.3 Å². The average Bonchev–Trinajstić information content (AvgIpc) is 2.84. The van der Waals surface area contributed by atoms with Crippen molar-refractivity contribution in [3.8, 4) is 6.07 Å². The van der Waals surface area contributed by atoms with Gasteiger partial charge in [0.15, 0.2) is 0 Å². The number of thioether (sulfide) groups is 1. The van der Waals surface area contributed by atoms with Crippen molar-refractivity contribution in [1.29, 1.82) is 5.26 Å². The zero-order valence-electron chi connectivity index (χ0n) is 12.1. The van der Waals surface area contributed by atoms with Crippen LogP contribution in [0.15, 0.2) is 59.5 Å². The standard InChI is InChI=1S/C18H12N2OS2/c19-11-14-8-6-13(7-9-14)10-16-17(21)20(18(22)23-16)12-15-4-2-1-3-5-15/h1-10H,12H2/b16-10+. The number of amides is 1. The SMILES string of the molecule is N#Cc1ccc(/C=C2/SC(=S)N(Cc3ccccc3)C2=O)cc1. The molecule has 3 nitrogen and oxygen atoms in total. The van der Waals surface area contributed by atoms with Gasteiger partial charge in [0.1, 0.15) is 4.32 Å². The molecule has 1 aliphatic rings. The van der Waals surface area contributed by atoms with Gasteiger partial charge in [0, 0.05) is 0 Å². The number of carbonyl (C=O) groups is 1. The van der Waals surface area contributed by atoms with E-state index in [1.165, 1.54) is 11.8 Å². The Balaban J connectivity index is 1.80. The lowest BCUT2D eigenvalue weighted by atomic mass is 10.1. The van der Waals surface area contributed by atoms with Crippen molar-refractivity contribution in [2.24, 2.45) is 0 Å². The fourth-order valence-electron chi connectivity index (χ4n) is 2.21. The van der Waals surface area contributed by atoms with Crippen LogP contribution in [0.4, 0.5) is 0 Å². The minimum atomic E-state index is -0.0757. The first-order valence-corrected chi connectivity index (χ1v) is 8.19. The highest BCUT2D eigenvalue weighted by Gasteiger charge is 2.31. The minimum absolute atomic E-state index is 0.0757. The largest absolute Gasteiger partial charge is 0.288 e. The summed E-state index contributed by atoms with van der Waals surface area (Å²) in [4.78, 5) is 14.8. The van der Waals surface area contributed by atoms with Crippen molar-refractivity contribution in [2.45, 2.75) is 6.54 Å². The van der Waals surface area contributed by atoms with Crippen LogP contribution in [0.5, 0.6) is 0 Å². The second kappa shape index (κ2) is 6.78. The minimum Gasteiger partial charge on any atom is -0.288 e. The van der Waals surface area contributed by atoms with Crippen molar-refractivity contribution in [3.05, 3.63) is 76.2 Å². The van der Waals surface area contributed by atoms with E-state index >= 15 is 0 Å². The maximum absolute atomic E-state index is 12.5. The zero-order chi connectivity index (χ0) is 16.2. The molecule has 5 heteroatoms. The molecular formula is C18H12N2OS2. The van der Waals surface area contributed by atoms with E-state index in [1.54, 1.807) is 17.0 Å². The Morgan fingerprint density at radius 3 is 2.48 bits per heavy atom. The maximum atomic E-state index is 12.5. The Labute approximate surface area is 144 Å². The van der Waals surface area contributed by atoms with Gasteiger partial charge in [-0.2, -0.15) is 5.26 Å². The van der Waals surface area contributed by atoms with Gasteiger partial charge in [-0.1, -0.05) is 66.4 Å². The van der Waals surface area contributed by atoms with E-state index in [2.05, 4.69) is 6.07 Å². The molecule has 0 radical (unpaired) electrons. The summed E-state index contributed by atoms with van der Waals surface area (Å²) in [6, 6.07) is 19.0. The highest BCUT2D eigenvalue weighted by atomic mass is 32.2. The Morgan fingerprint density at radius 2 is 1.83 bits per heavy atom. The number of nitriles is 1. The number of hydrogen-bond donors (Lipinski definition) is 0. The third-order valence-corrected chi connectivity index (χ3v) is 4.77. The van der Waals surface area contributed by atoms with Crippen LogP contribution in [-0.2, 0) is 11.3 Å². The number of benzene rings is 2. The Kier molecular flexibility index (Phi) is 4.56. The molecule has 0 spiro atoms. The summed E-state index contributed by atoms with van der Waals surface area (Å²) in [6.07, 6.45) is 1.81. The molecule has 1 amide bonds. The third kappa shape index (κ3) is 3.50. The Morgan fingerprint density at radius 1 is 1.13 bits per heavy atom. The van der Waals surface area contributed by atoms with Gasteiger partial charge in [0.25, 0.3) is 5.91 Å². The monoisotopic (exact) mass is 336 g/mol. The molecule has 2 aromatic carbocycles. The molecule has 1 heterocycles. The van der Waals surface area contributed by atoms with Crippen LogP contribution in [0.1, 0.15) is 16.7 Å². The van der Waals surface area contributed by atoms with E-state index in [-0.39, 0.29) is 5.91 Å². The fraction of sp³-hybridized carbons (Fsp3) is 0.0556. The fourth-order valence-corrected chi connectivity index (χ4v) is 3.46.